The van der Waals surface area contributed by atoms with E-state index < -0.39 is 16.3 Å². The zero-order valence-electron chi connectivity index (χ0n) is 16.4. The first-order chi connectivity index (χ1) is 14.3. The predicted octanol–water partition coefficient (Wildman–Crippen LogP) is 3.09. The summed E-state index contributed by atoms with van der Waals surface area (Å²) in [5.74, 6) is 0.250. The van der Waals surface area contributed by atoms with Crippen molar-refractivity contribution in [2.24, 2.45) is 0 Å². The van der Waals surface area contributed by atoms with Crippen LogP contribution in [0.3, 0.4) is 0 Å². The summed E-state index contributed by atoms with van der Waals surface area (Å²) in [6, 6.07) is 15.4. The summed E-state index contributed by atoms with van der Waals surface area (Å²) < 4.78 is 38.3. The SMILES string of the molecule is CCc1coc(C(Cc2ccc(NS(=O)(=O)O)cc2)NC(=O)Cc2ccccc2)n1. The molecule has 1 aromatic heterocycles. The Bertz CT molecular complexity index is 1080. The highest BCUT2D eigenvalue weighted by atomic mass is 32.2. The van der Waals surface area contributed by atoms with Crippen LogP contribution in [0.25, 0.3) is 0 Å². The molecule has 0 fully saturated rings. The number of oxazole rings is 1. The molecule has 0 aliphatic heterocycles. The van der Waals surface area contributed by atoms with E-state index in [9.17, 15) is 13.2 Å². The van der Waals surface area contributed by atoms with Crippen molar-refractivity contribution >= 4 is 21.9 Å². The maximum atomic E-state index is 12.6. The second-order valence-electron chi connectivity index (χ2n) is 6.79. The lowest BCUT2D eigenvalue weighted by Crippen LogP contribution is -2.31. The number of hydrogen-bond acceptors (Lipinski definition) is 5. The molecule has 1 amide bonds. The molecule has 0 aliphatic rings. The topological polar surface area (TPSA) is 122 Å². The molecule has 3 aromatic rings. The molecule has 3 rings (SSSR count). The Kier molecular flexibility index (Phi) is 6.86. The maximum absolute atomic E-state index is 12.6. The van der Waals surface area contributed by atoms with Gasteiger partial charge in [0.25, 0.3) is 0 Å². The number of benzene rings is 2. The van der Waals surface area contributed by atoms with Crippen LogP contribution in [0, 0.1) is 0 Å². The van der Waals surface area contributed by atoms with Crippen LogP contribution in [0.5, 0.6) is 0 Å². The van der Waals surface area contributed by atoms with Gasteiger partial charge in [-0.25, -0.2) is 4.98 Å². The lowest BCUT2D eigenvalue weighted by Gasteiger charge is -2.16. The minimum absolute atomic E-state index is 0.160. The first-order valence-electron chi connectivity index (χ1n) is 9.44. The van der Waals surface area contributed by atoms with E-state index in [4.69, 9.17) is 8.97 Å². The Morgan fingerprint density at radius 2 is 1.80 bits per heavy atom. The number of anilines is 1. The van der Waals surface area contributed by atoms with Gasteiger partial charge in [-0.15, -0.1) is 0 Å². The summed E-state index contributed by atoms with van der Waals surface area (Å²) in [6.45, 7) is 1.96. The largest absolute Gasteiger partial charge is 0.446 e. The molecule has 9 heteroatoms. The summed E-state index contributed by atoms with van der Waals surface area (Å²) in [7, 11) is -4.33. The fourth-order valence-electron chi connectivity index (χ4n) is 2.97. The summed E-state index contributed by atoms with van der Waals surface area (Å²) in [5, 5.41) is 2.97. The second kappa shape index (κ2) is 9.55. The van der Waals surface area contributed by atoms with Crippen LogP contribution in [0.1, 0.15) is 35.7 Å². The van der Waals surface area contributed by atoms with Gasteiger partial charge in [0.2, 0.25) is 11.8 Å². The van der Waals surface area contributed by atoms with Crippen LogP contribution in [-0.4, -0.2) is 23.9 Å². The summed E-state index contributed by atoms with van der Waals surface area (Å²) in [5.41, 5.74) is 2.75. The number of carbonyl (C=O) groups is 1. The fraction of sp³-hybridized carbons (Fsp3) is 0.238. The molecule has 0 saturated carbocycles. The third kappa shape index (κ3) is 6.43. The van der Waals surface area contributed by atoms with Crippen molar-refractivity contribution in [3.05, 3.63) is 83.6 Å². The van der Waals surface area contributed by atoms with Gasteiger partial charge in [0, 0.05) is 6.42 Å². The Morgan fingerprint density at radius 1 is 1.10 bits per heavy atom. The Morgan fingerprint density at radius 3 is 2.40 bits per heavy atom. The van der Waals surface area contributed by atoms with Crippen molar-refractivity contribution in [2.75, 3.05) is 4.72 Å². The van der Waals surface area contributed by atoms with Crippen LogP contribution < -0.4 is 10.0 Å². The van der Waals surface area contributed by atoms with Gasteiger partial charge in [-0.3, -0.25) is 14.1 Å². The summed E-state index contributed by atoms with van der Waals surface area (Å²) in [4.78, 5) is 17.0. The molecule has 30 heavy (non-hydrogen) atoms. The van der Waals surface area contributed by atoms with Crippen LogP contribution in [0.4, 0.5) is 5.69 Å². The third-order valence-electron chi connectivity index (χ3n) is 4.41. The molecule has 2 aromatic carbocycles. The molecule has 1 atom stereocenters. The molecule has 1 unspecified atom stereocenters. The molecule has 0 radical (unpaired) electrons. The van der Waals surface area contributed by atoms with Crippen molar-refractivity contribution in [3.63, 3.8) is 0 Å². The van der Waals surface area contributed by atoms with E-state index in [0.717, 1.165) is 16.8 Å². The zero-order valence-corrected chi connectivity index (χ0v) is 17.2. The lowest BCUT2D eigenvalue weighted by atomic mass is 10.0. The van der Waals surface area contributed by atoms with Crippen LogP contribution >= 0.6 is 0 Å². The summed E-state index contributed by atoms with van der Waals surface area (Å²) >= 11 is 0. The van der Waals surface area contributed by atoms with E-state index in [2.05, 4.69) is 10.3 Å². The number of carbonyl (C=O) groups excluding carboxylic acids is 1. The molecular weight excluding hydrogens is 406 g/mol. The van der Waals surface area contributed by atoms with E-state index in [1.54, 1.807) is 18.4 Å². The number of nitrogens with zero attached hydrogens (tertiary/aromatic N) is 1. The molecule has 158 valence electrons. The Balaban J connectivity index is 1.75. The molecular formula is C21H23N3O5S. The van der Waals surface area contributed by atoms with Crippen LogP contribution in [0.15, 0.2) is 65.3 Å². The lowest BCUT2D eigenvalue weighted by molar-refractivity contribution is -0.121. The van der Waals surface area contributed by atoms with E-state index in [1.807, 2.05) is 42.0 Å². The Labute approximate surface area is 175 Å². The summed E-state index contributed by atoms with van der Waals surface area (Å²) in [6.07, 6.45) is 2.92. The first kappa shape index (κ1) is 21.5. The molecule has 0 spiro atoms. The normalized spacial score (nSPS) is 12.3. The van der Waals surface area contributed by atoms with Gasteiger partial charge in [-0.2, -0.15) is 8.42 Å². The number of rotatable bonds is 9. The second-order valence-corrected chi connectivity index (χ2v) is 7.95. The molecule has 8 nitrogen and oxygen atoms in total. The van der Waals surface area contributed by atoms with E-state index >= 15 is 0 Å². The monoisotopic (exact) mass is 429 g/mol. The van der Waals surface area contributed by atoms with Gasteiger partial charge in [0.15, 0.2) is 0 Å². The first-order valence-corrected chi connectivity index (χ1v) is 10.9. The van der Waals surface area contributed by atoms with Gasteiger partial charge in [-0.05, 0) is 29.7 Å². The van der Waals surface area contributed by atoms with E-state index in [-0.39, 0.29) is 18.0 Å². The highest BCUT2D eigenvalue weighted by molar-refractivity contribution is 7.87. The number of hydrogen-bond donors (Lipinski definition) is 3. The number of aromatic nitrogens is 1. The van der Waals surface area contributed by atoms with Gasteiger partial charge < -0.3 is 9.73 Å². The van der Waals surface area contributed by atoms with E-state index in [0.29, 0.717) is 18.7 Å². The molecule has 3 N–H and O–H groups in total. The molecule has 0 aliphatic carbocycles. The average molecular weight is 429 g/mol. The maximum Gasteiger partial charge on any atom is 0.357 e. The van der Waals surface area contributed by atoms with Gasteiger partial charge in [0.05, 0.1) is 17.8 Å². The number of nitrogens with one attached hydrogen (secondary N) is 2. The predicted molar refractivity (Wildman–Crippen MR) is 112 cm³/mol. The minimum Gasteiger partial charge on any atom is -0.446 e. The van der Waals surface area contributed by atoms with Crippen LogP contribution in [-0.2, 0) is 34.4 Å². The smallest absolute Gasteiger partial charge is 0.357 e. The Hall–Kier alpha value is -3.17. The average Bonchev–Trinajstić information content (AvgIpc) is 3.18. The quantitative estimate of drug-likeness (QED) is 0.450. The highest BCUT2D eigenvalue weighted by Crippen LogP contribution is 2.21. The number of amides is 1. The van der Waals surface area contributed by atoms with Crippen molar-refractivity contribution < 1.29 is 22.2 Å². The van der Waals surface area contributed by atoms with Crippen molar-refractivity contribution in [3.8, 4) is 0 Å². The van der Waals surface area contributed by atoms with Crippen molar-refractivity contribution in [1.29, 1.82) is 0 Å². The molecule has 0 saturated heterocycles. The highest BCUT2D eigenvalue weighted by Gasteiger charge is 2.21. The molecule has 1 heterocycles. The van der Waals surface area contributed by atoms with Crippen molar-refractivity contribution in [1.82, 2.24) is 10.3 Å². The number of aryl methyl sites for hydroxylation is 1. The minimum atomic E-state index is -4.33. The van der Waals surface area contributed by atoms with E-state index in [1.165, 1.54) is 12.1 Å². The van der Waals surface area contributed by atoms with Gasteiger partial charge in [-0.1, -0.05) is 49.4 Å². The van der Waals surface area contributed by atoms with Gasteiger partial charge >= 0.3 is 10.3 Å². The zero-order chi connectivity index (χ0) is 21.6. The fourth-order valence-corrected chi connectivity index (χ4v) is 3.40. The van der Waals surface area contributed by atoms with Crippen LogP contribution in [0.2, 0.25) is 0 Å². The third-order valence-corrected chi connectivity index (χ3v) is 4.91. The van der Waals surface area contributed by atoms with Crippen molar-refractivity contribution in [2.45, 2.75) is 32.2 Å². The standard InChI is InChI=1S/C21H23N3O5S/c1-2-17-14-29-21(22-17)19(23-20(25)13-15-6-4-3-5-7-15)12-16-8-10-18(11-9-16)24-30(26,27)28/h3-11,14,19,24H,2,12-13H2,1H3,(H,23,25)(H,26,27,28). The van der Waals surface area contributed by atoms with Gasteiger partial charge in [0.1, 0.15) is 12.3 Å². The molecule has 0 bridgehead atoms.